The number of hydrogen-bond acceptors (Lipinski definition) is 3. The van der Waals surface area contributed by atoms with Gasteiger partial charge in [-0.1, -0.05) is 13.0 Å². The third-order valence-corrected chi connectivity index (χ3v) is 4.22. The molecule has 94 valence electrons. The van der Waals surface area contributed by atoms with Gasteiger partial charge in [0.25, 0.3) is 0 Å². The van der Waals surface area contributed by atoms with Gasteiger partial charge in [0.05, 0.1) is 0 Å². The molecule has 2 nitrogen and oxygen atoms in total. The third-order valence-electron chi connectivity index (χ3n) is 3.94. The van der Waals surface area contributed by atoms with E-state index in [1.54, 1.807) is 0 Å². The normalized spacial score (nSPS) is 23.5. The van der Waals surface area contributed by atoms with Gasteiger partial charge in [-0.05, 0) is 60.9 Å². The van der Waals surface area contributed by atoms with E-state index in [1.807, 2.05) is 0 Å². The van der Waals surface area contributed by atoms with Crippen LogP contribution < -0.4 is 11.1 Å². The Labute approximate surface area is 109 Å². The Bertz CT molecular complexity index is 378. The molecule has 0 fully saturated rings. The van der Waals surface area contributed by atoms with E-state index in [4.69, 9.17) is 5.73 Å². The zero-order valence-electron chi connectivity index (χ0n) is 10.4. The molecule has 3 N–H and O–H groups in total. The largest absolute Gasteiger partial charge is 0.318 e. The number of aryl methyl sites for hydroxylation is 1. The number of nitrogens with two attached hydrogens (primary N) is 1. The standard InChI is InChI=1S/C14H22N2S/c1-10-11(6-7-16-9-15)2-3-12-8-13(17)4-5-14(10)12/h4-5,8,10-11,16-17H,2-3,6-7,9,15H2,1H3/t10?,11-/m0/s1. The summed E-state index contributed by atoms with van der Waals surface area (Å²) in [5.41, 5.74) is 8.47. The summed E-state index contributed by atoms with van der Waals surface area (Å²) in [4.78, 5) is 1.08. The molecular formula is C14H22N2S. The Morgan fingerprint density at radius 3 is 3.06 bits per heavy atom. The van der Waals surface area contributed by atoms with Crippen LogP contribution in [0.4, 0.5) is 0 Å². The van der Waals surface area contributed by atoms with Crippen molar-refractivity contribution in [2.24, 2.45) is 11.7 Å². The minimum absolute atomic E-state index is 0.584. The second-order valence-electron chi connectivity index (χ2n) is 4.96. The first-order valence-corrected chi connectivity index (χ1v) is 6.89. The summed E-state index contributed by atoms with van der Waals surface area (Å²) in [6, 6.07) is 6.59. The van der Waals surface area contributed by atoms with Gasteiger partial charge in [-0.2, -0.15) is 0 Å². The summed E-state index contributed by atoms with van der Waals surface area (Å²) < 4.78 is 0. The van der Waals surface area contributed by atoms with Gasteiger partial charge < -0.3 is 11.1 Å². The summed E-state index contributed by atoms with van der Waals surface area (Å²) in [6.07, 6.45) is 3.71. The van der Waals surface area contributed by atoms with E-state index in [9.17, 15) is 0 Å². The average molecular weight is 250 g/mol. The molecule has 1 aliphatic carbocycles. The highest BCUT2D eigenvalue weighted by atomic mass is 32.1. The van der Waals surface area contributed by atoms with E-state index in [1.165, 1.54) is 30.4 Å². The maximum Gasteiger partial charge on any atom is 0.0428 e. The topological polar surface area (TPSA) is 38.0 Å². The van der Waals surface area contributed by atoms with Crippen molar-refractivity contribution in [2.75, 3.05) is 13.2 Å². The molecule has 0 saturated carbocycles. The Morgan fingerprint density at radius 1 is 1.47 bits per heavy atom. The molecule has 1 aliphatic rings. The first-order valence-electron chi connectivity index (χ1n) is 6.45. The molecule has 0 spiro atoms. The Balaban J connectivity index is 2.05. The summed E-state index contributed by atoms with van der Waals surface area (Å²) in [5.74, 6) is 1.44. The molecule has 1 aromatic carbocycles. The molecule has 1 unspecified atom stereocenters. The van der Waals surface area contributed by atoms with Crippen molar-refractivity contribution in [1.29, 1.82) is 0 Å². The molecule has 0 bridgehead atoms. The van der Waals surface area contributed by atoms with E-state index in [0.717, 1.165) is 17.4 Å². The lowest BCUT2D eigenvalue weighted by atomic mass is 9.75. The Morgan fingerprint density at radius 2 is 2.29 bits per heavy atom. The second kappa shape index (κ2) is 5.89. The number of rotatable bonds is 4. The number of benzene rings is 1. The maximum absolute atomic E-state index is 5.45. The number of nitrogens with one attached hydrogen (secondary N) is 1. The Hall–Kier alpha value is -0.510. The summed E-state index contributed by atoms with van der Waals surface area (Å²) in [7, 11) is 0. The molecule has 0 aromatic heterocycles. The number of thiol groups is 1. The number of fused-ring (bicyclic) bond motifs is 1. The molecule has 0 amide bonds. The fourth-order valence-electron chi connectivity index (χ4n) is 2.88. The lowest BCUT2D eigenvalue weighted by Gasteiger charge is -2.31. The van der Waals surface area contributed by atoms with Crippen LogP contribution >= 0.6 is 12.6 Å². The molecule has 0 saturated heterocycles. The molecule has 0 radical (unpaired) electrons. The lowest BCUT2D eigenvalue weighted by Crippen LogP contribution is -2.27. The molecule has 3 heteroatoms. The van der Waals surface area contributed by atoms with Crippen molar-refractivity contribution in [3.05, 3.63) is 29.3 Å². The van der Waals surface area contributed by atoms with Crippen molar-refractivity contribution in [3.63, 3.8) is 0 Å². The fraction of sp³-hybridized carbons (Fsp3) is 0.571. The van der Waals surface area contributed by atoms with Crippen LogP contribution in [0.5, 0.6) is 0 Å². The van der Waals surface area contributed by atoms with Gasteiger partial charge >= 0.3 is 0 Å². The molecular weight excluding hydrogens is 228 g/mol. The third kappa shape index (κ3) is 3.03. The van der Waals surface area contributed by atoms with Gasteiger partial charge in [-0.15, -0.1) is 12.6 Å². The first kappa shape index (κ1) is 12.9. The van der Waals surface area contributed by atoms with Crippen molar-refractivity contribution >= 4 is 12.6 Å². The second-order valence-corrected chi connectivity index (χ2v) is 5.48. The van der Waals surface area contributed by atoms with Gasteiger partial charge in [-0.25, -0.2) is 0 Å². The van der Waals surface area contributed by atoms with Crippen molar-refractivity contribution in [2.45, 2.75) is 37.0 Å². The summed E-state index contributed by atoms with van der Waals surface area (Å²) >= 11 is 4.42. The van der Waals surface area contributed by atoms with Crippen molar-refractivity contribution < 1.29 is 0 Å². The summed E-state index contributed by atoms with van der Waals surface area (Å²) in [5, 5.41) is 3.21. The van der Waals surface area contributed by atoms with E-state index in [0.29, 0.717) is 12.6 Å². The first-order chi connectivity index (χ1) is 8.22. The summed E-state index contributed by atoms with van der Waals surface area (Å²) in [6.45, 7) is 3.97. The zero-order valence-corrected chi connectivity index (χ0v) is 11.3. The van der Waals surface area contributed by atoms with Gasteiger partial charge in [0.15, 0.2) is 0 Å². The van der Waals surface area contributed by atoms with Gasteiger partial charge in [0.1, 0.15) is 0 Å². The predicted octanol–water partition coefficient (Wildman–Crippen LogP) is 2.54. The lowest BCUT2D eigenvalue weighted by molar-refractivity contribution is 0.359. The van der Waals surface area contributed by atoms with Crippen LogP contribution in [0, 0.1) is 5.92 Å². The quantitative estimate of drug-likeness (QED) is 0.436. The molecule has 2 atom stereocenters. The van der Waals surface area contributed by atoms with E-state index in [-0.39, 0.29) is 0 Å². The van der Waals surface area contributed by atoms with E-state index in [2.05, 4.69) is 43.1 Å². The minimum atomic E-state index is 0.584. The van der Waals surface area contributed by atoms with Crippen LogP contribution in [0.2, 0.25) is 0 Å². The SMILES string of the molecule is CC1c2ccc(S)cc2CC[C@H]1CCNCN. The van der Waals surface area contributed by atoms with Crippen LogP contribution in [0.15, 0.2) is 23.1 Å². The van der Waals surface area contributed by atoms with Gasteiger partial charge in [0.2, 0.25) is 0 Å². The number of hydrogen-bond donors (Lipinski definition) is 3. The van der Waals surface area contributed by atoms with Crippen LogP contribution in [0.25, 0.3) is 0 Å². The van der Waals surface area contributed by atoms with Gasteiger partial charge in [-0.3, -0.25) is 0 Å². The van der Waals surface area contributed by atoms with Crippen LogP contribution in [0.3, 0.4) is 0 Å². The van der Waals surface area contributed by atoms with E-state index >= 15 is 0 Å². The van der Waals surface area contributed by atoms with E-state index < -0.39 is 0 Å². The van der Waals surface area contributed by atoms with Crippen molar-refractivity contribution in [3.8, 4) is 0 Å². The van der Waals surface area contributed by atoms with Crippen LogP contribution in [0.1, 0.15) is 36.8 Å². The predicted molar refractivity (Wildman–Crippen MR) is 75.6 cm³/mol. The molecule has 2 rings (SSSR count). The molecule has 17 heavy (non-hydrogen) atoms. The van der Waals surface area contributed by atoms with Crippen LogP contribution in [-0.4, -0.2) is 13.2 Å². The van der Waals surface area contributed by atoms with Gasteiger partial charge in [0, 0.05) is 11.6 Å². The zero-order chi connectivity index (χ0) is 12.3. The highest BCUT2D eigenvalue weighted by molar-refractivity contribution is 7.80. The smallest absolute Gasteiger partial charge is 0.0428 e. The average Bonchev–Trinajstić information content (AvgIpc) is 2.32. The maximum atomic E-state index is 5.45. The minimum Gasteiger partial charge on any atom is -0.318 e. The molecule has 1 aromatic rings. The van der Waals surface area contributed by atoms with Crippen molar-refractivity contribution in [1.82, 2.24) is 5.32 Å². The highest BCUT2D eigenvalue weighted by Gasteiger charge is 2.25. The fourth-order valence-corrected chi connectivity index (χ4v) is 3.11. The molecule has 0 heterocycles. The van der Waals surface area contributed by atoms with Crippen LogP contribution in [-0.2, 0) is 6.42 Å². The molecule has 0 aliphatic heterocycles. The highest BCUT2D eigenvalue weighted by Crippen LogP contribution is 2.38. The monoisotopic (exact) mass is 250 g/mol. The Kier molecular flexibility index (Phi) is 4.48.